The average molecular weight is 318 g/mol. The second kappa shape index (κ2) is 7.49. The number of rotatable bonds is 8. The van der Waals surface area contributed by atoms with E-state index in [4.69, 9.17) is 4.74 Å². The Balaban J connectivity index is 1.88. The zero-order valence-corrected chi connectivity index (χ0v) is 14.1. The molecule has 2 rings (SSSR count). The first-order chi connectivity index (χ1) is 11.0. The van der Waals surface area contributed by atoms with Gasteiger partial charge in [-0.05, 0) is 31.2 Å². The molecule has 0 atom stereocenters. The number of amides is 2. The fourth-order valence-corrected chi connectivity index (χ4v) is 2.52. The number of ether oxygens (including phenoxy) is 1. The van der Waals surface area contributed by atoms with Crippen LogP contribution in [0.3, 0.4) is 0 Å². The van der Waals surface area contributed by atoms with Gasteiger partial charge in [-0.2, -0.15) is 0 Å². The number of carbonyl (C=O) groups is 2. The van der Waals surface area contributed by atoms with Gasteiger partial charge in [-0.3, -0.25) is 9.59 Å². The lowest BCUT2D eigenvalue weighted by Gasteiger charge is -2.16. The quantitative estimate of drug-likeness (QED) is 0.723. The second-order valence-corrected chi connectivity index (χ2v) is 6.52. The zero-order chi connectivity index (χ0) is 16.9. The minimum Gasteiger partial charge on any atom is -0.496 e. The first-order valence-electron chi connectivity index (χ1n) is 8.18. The highest BCUT2D eigenvalue weighted by atomic mass is 16.5. The molecule has 0 aromatic heterocycles. The van der Waals surface area contributed by atoms with E-state index in [1.54, 1.807) is 7.11 Å². The van der Waals surface area contributed by atoms with Crippen molar-refractivity contribution in [2.45, 2.75) is 39.7 Å². The van der Waals surface area contributed by atoms with E-state index < -0.39 is 5.41 Å². The summed E-state index contributed by atoms with van der Waals surface area (Å²) in [6, 6.07) is 7.54. The second-order valence-electron chi connectivity index (χ2n) is 6.52. The van der Waals surface area contributed by atoms with Gasteiger partial charge in [0, 0.05) is 18.7 Å². The molecule has 2 N–H and O–H groups in total. The SMILES string of the molecule is COc1ccccc1CNC(=O)C1(C(=O)NCCC(C)C)CC1. The van der Waals surface area contributed by atoms with E-state index in [1.807, 2.05) is 24.3 Å². The van der Waals surface area contributed by atoms with Gasteiger partial charge >= 0.3 is 0 Å². The third-order valence-corrected chi connectivity index (χ3v) is 4.26. The van der Waals surface area contributed by atoms with Gasteiger partial charge in [-0.1, -0.05) is 32.0 Å². The van der Waals surface area contributed by atoms with E-state index in [0.717, 1.165) is 17.7 Å². The van der Waals surface area contributed by atoms with E-state index in [0.29, 0.717) is 31.8 Å². The molecule has 5 heteroatoms. The van der Waals surface area contributed by atoms with Crippen molar-refractivity contribution >= 4 is 11.8 Å². The molecule has 1 saturated carbocycles. The van der Waals surface area contributed by atoms with Gasteiger partial charge < -0.3 is 15.4 Å². The topological polar surface area (TPSA) is 67.4 Å². The zero-order valence-electron chi connectivity index (χ0n) is 14.1. The summed E-state index contributed by atoms with van der Waals surface area (Å²) >= 11 is 0. The first kappa shape index (κ1) is 17.3. The Kier molecular flexibility index (Phi) is 5.64. The Hall–Kier alpha value is -2.04. The van der Waals surface area contributed by atoms with Gasteiger partial charge in [0.15, 0.2) is 0 Å². The molecule has 2 amide bonds. The molecular weight excluding hydrogens is 292 g/mol. The molecule has 1 aromatic carbocycles. The van der Waals surface area contributed by atoms with E-state index in [1.165, 1.54) is 0 Å². The van der Waals surface area contributed by atoms with Crippen molar-refractivity contribution in [1.29, 1.82) is 0 Å². The molecule has 1 aliphatic rings. The fraction of sp³-hybridized carbons (Fsp3) is 0.556. The van der Waals surface area contributed by atoms with Gasteiger partial charge in [0.25, 0.3) is 0 Å². The summed E-state index contributed by atoms with van der Waals surface area (Å²) in [4.78, 5) is 24.7. The van der Waals surface area contributed by atoms with Crippen LogP contribution in [0.5, 0.6) is 5.75 Å². The summed E-state index contributed by atoms with van der Waals surface area (Å²) in [7, 11) is 1.60. The van der Waals surface area contributed by atoms with Crippen LogP contribution in [0, 0.1) is 11.3 Å². The summed E-state index contributed by atoms with van der Waals surface area (Å²) in [5, 5.41) is 5.77. The molecule has 0 aliphatic heterocycles. The number of carbonyl (C=O) groups excluding carboxylic acids is 2. The maximum Gasteiger partial charge on any atom is 0.235 e. The molecule has 126 valence electrons. The lowest BCUT2D eigenvalue weighted by Crippen LogP contribution is -2.43. The fourth-order valence-electron chi connectivity index (χ4n) is 2.52. The van der Waals surface area contributed by atoms with E-state index in [2.05, 4.69) is 24.5 Å². The third kappa shape index (κ3) is 4.24. The molecule has 1 fully saturated rings. The predicted molar refractivity (Wildman–Crippen MR) is 89.0 cm³/mol. The van der Waals surface area contributed by atoms with Gasteiger partial charge in [-0.15, -0.1) is 0 Å². The summed E-state index contributed by atoms with van der Waals surface area (Å²) in [5.41, 5.74) is 0.0401. The van der Waals surface area contributed by atoms with E-state index in [-0.39, 0.29) is 11.8 Å². The van der Waals surface area contributed by atoms with Crippen LogP contribution in [0.15, 0.2) is 24.3 Å². The van der Waals surface area contributed by atoms with Crippen LogP contribution in [0.4, 0.5) is 0 Å². The Morgan fingerprint density at radius 1 is 1.17 bits per heavy atom. The molecule has 0 unspecified atom stereocenters. The van der Waals surface area contributed by atoms with Crippen molar-refractivity contribution in [3.8, 4) is 5.75 Å². The Bertz CT molecular complexity index is 565. The lowest BCUT2D eigenvalue weighted by molar-refractivity contribution is -0.137. The van der Waals surface area contributed by atoms with Crippen molar-refractivity contribution in [3.63, 3.8) is 0 Å². The molecule has 0 radical (unpaired) electrons. The number of hydrogen-bond donors (Lipinski definition) is 2. The van der Waals surface area contributed by atoms with Crippen LogP contribution in [0.2, 0.25) is 0 Å². The Labute approximate surface area is 137 Å². The lowest BCUT2D eigenvalue weighted by atomic mass is 10.0. The molecule has 1 aliphatic carbocycles. The van der Waals surface area contributed by atoms with Crippen LogP contribution in [-0.4, -0.2) is 25.5 Å². The highest BCUT2D eigenvalue weighted by molar-refractivity contribution is 6.07. The largest absolute Gasteiger partial charge is 0.496 e. The third-order valence-electron chi connectivity index (χ3n) is 4.26. The van der Waals surface area contributed by atoms with E-state index in [9.17, 15) is 9.59 Å². The highest BCUT2D eigenvalue weighted by Crippen LogP contribution is 2.46. The van der Waals surface area contributed by atoms with Gasteiger partial charge in [0.2, 0.25) is 11.8 Å². The highest BCUT2D eigenvalue weighted by Gasteiger charge is 2.56. The summed E-state index contributed by atoms with van der Waals surface area (Å²) in [5.74, 6) is 0.935. The number of para-hydroxylation sites is 1. The van der Waals surface area contributed by atoms with Crippen LogP contribution in [0.25, 0.3) is 0 Å². The maximum atomic E-state index is 12.4. The molecule has 1 aromatic rings. The number of benzene rings is 1. The van der Waals surface area contributed by atoms with Crippen LogP contribution >= 0.6 is 0 Å². The standard InChI is InChI=1S/C18H26N2O3/c1-13(2)8-11-19-16(21)18(9-10-18)17(22)20-12-14-6-4-5-7-15(14)23-3/h4-7,13H,8-12H2,1-3H3,(H,19,21)(H,20,22). The molecule has 0 heterocycles. The van der Waals surface area contributed by atoms with Crippen LogP contribution in [0.1, 0.15) is 38.7 Å². The van der Waals surface area contributed by atoms with Crippen LogP contribution in [-0.2, 0) is 16.1 Å². The first-order valence-corrected chi connectivity index (χ1v) is 8.18. The van der Waals surface area contributed by atoms with Crippen molar-refractivity contribution in [1.82, 2.24) is 10.6 Å². The number of nitrogens with one attached hydrogen (secondary N) is 2. The minimum absolute atomic E-state index is 0.143. The molecule has 0 saturated heterocycles. The van der Waals surface area contributed by atoms with Crippen LogP contribution < -0.4 is 15.4 Å². The molecular formula is C18H26N2O3. The van der Waals surface area contributed by atoms with Crippen molar-refractivity contribution in [2.75, 3.05) is 13.7 Å². The molecule has 0 bridgehead atoms. The van der Waals surface area contributed by atoms with E-state index >= 15 is 0 Å². The monoisotopic (exact) mass is 318 g/mol. The van der Waals surface area contributed by atoms with Crippen molar-refractivity contribution < 1.29 is 14.3 Å². The molecule has 5 nitrogen and oxygen atoms in total. The predicted octanol–water partition coefficient (Wildman–Crippen LogP) is 2.25. The van der Waals surface area contributed by atoms with Gasteiger partial charge in [0.1, 0.15) is 11.2 Å². The maximum absolute atomic E-state index is 12.4. The smallest absolute Gasteiger partial charge is 0.235 e. The van der Waals surface area contributed by atoms with Gasteiger partial charge in [0.05, 0.1) is 7.11 Å². The number of hydrogen-bond acceptors (Lipinski definition) is 3. The minimum atomic E-state index is -0.862. The summed E-state index contributed by atoms with van der Waals surface area (Å²) in [6.07, 6.45) is 2.17. The summed E-state index contributed by atoms with van der Waals surface area (Å²) < 4.78 is 5.27. The van der Waals surface area contributed by atoms with Crippen molar-refractivity contribution in [2.24, 2.45) is 11.3 Å². The van der Waals surface area contributed by atoms with Gasteiger partial charge in [-0.25, -0.2) is 0 Å². The normalized spacial score (nSPS) is 15.1. The number of methoxy groups -OCH3 is 1. The molecule has 23 heavy (non-hydrogen) atoms. The summed E-state index contributed by atoms with van der Waals surface area (Å²) in [6.45, 7) is 5.21. The Morgan fingerprint density at radius 2 is 1.83 bits per heavy atom. The van der Waals surface area contributed by atoms with Crippen molar-refractivity contribution in [3.05, 3.63) is 29.8 Å². The Morgan fingerprint density at radius 3 is 2.43 bits per heavy atom. The molecule has 0 spiro atoms. The average Bonchev–Trinajstić information content (AvgIpc) is 3.34.